The van der Waals surface area contributed by atoms with Crippen LogP contribution in [0.25, 0.3) is 0 Å². The van der Waals surface area contributed by atoms with Crippen molar-refractivity contribution < 1.29 is 14.6 Å². The highest BCUT2D eigenvalue weighted by atomic mass is 16.5. The van der Waals surface area contributed by atoms with Gasteiger partial charge in [0.1, 0.15) is 5.75 Å². The lowest BCUT2D eigenvalue weighted by atomic mass is 10.1. The maximum atomic E-state index is 12.3. The van der Waals surface area contributed by atoms with Gasteiger partial charge in [-0.15, -0.1) is 0 Å². The smallest absolute Gasteiger partial charge is 0.317 e. The van der Waals surface area contributed by atoms with Gasteiger partial charge in [-0.3, -0.25) is 0 Å². The summed E-state index contributed by atoms with van der Waals surface area (Å²) < 4.78 is 5.83. The van der Waals surface area contributed by atoms with Crippen molar-refractivity contribution in [2.45, 2.75) is 19.4 Å². The Morgan fingerprint density at radius 2 is 1.75 bits per heavy atom. The lowest BCUT2D eigenvalue weighted by Gasteiger charge is -2.36. The highest BCUT2D eigenvalue weighted by Gasteiger charge is 2.22. The monoisotopic (exact) mass is 383 g/mol. The number of carbonyl (C=O) groups is 1. The van der Waals surface area contributed by atoms with Gasteiger partial charge < -0.3 is 25.0 Å². The first-order valence-corrected chi connectivity index (χ1v) is 9.87. The van der Waals surface area contributed by atoms with E-state index in [1.165, 1.54) is 0 Å². The van der Waals surface area contributed by atoms with E-state index in [4.69, 9.17) is 4.74 Å². The van der Waals surface area contributed by atoms with Crippen LogP contribution in [0.5, 0.6) is 5.75 Å². The Morgan fingerprint density at radius 1 is 1.07 bits per heavy atom. The number of benzene rings is 2. The van der Waals surface area contributed by atoms with Crippen LogP contribution in [0.3, 0.4) is 0 Å². The minimum Gasteiger partial charge on any atom is -0.506 e. The number of para-hydroxylation sites is 2. The number of piperazine rings is 1. The number of hydrogen-bond acceptors (Lipinski definition) is 4. The molecule has 6 nitrogen and oxygen atoms in total. The lowest BCUT2D eigenvalue weighted by Crippen LogP contribution is -2.52. The summed E-state index contributed by atoms with van der Waals surface area (Å²) in [5.74, 6) is 0.283. The average Bonchev–Trinajstić information content (AvgIpc) is 2.74. The number of amides is 2. The first-order chi connectivity index (χ1) is 13.6. The van der Waals surface area contributed by atoms with E-state index >= 15 is 0 Å². The van der Waals surface area contributed by atoms with E-state index in [-0.39, 0.29) is 17.9 Å². The predicted molar refractivity (Wildman–Crippen MR) is 111 cm³/mol. The molecule has 2 aromatic rings. The fourth-order valence-electron chi connectivity index (χ4n) is 3.34. The number of nitrogens with one attached hydrogen (secondary N) is 1. The molecular formula is C22H29N3O3. The summed E-state index contributed by atoms with van der Waals surface area (Å²) in [6.07, 6.45) is 0.834. The minimum absolute atomic E-state index is 0.0342. The van der Waals surface area contributed by atoms with Gasteiger partial charge in [0.05, 0.1) is 11.8 Å². The molecule has 0 bridgehead atoms. The van der Waals surface area contributed by atoms with Crippen molar-refractivity contribution in [2.24, 2.45) is 0 Å². The molecular weight excluding hydrogens is 354 g/mol. The third kappa shape index (κ3) is 5.39. The van der Waals surface area contributed by atoms with E-state index in [0.29, 0.717) is 39.3 Å². The summed E-state index contributed by atoms with van der Waals surface area (Å²) in [7, 11) is 0. The van der Waals surface area contributed by atoms with Crippen LogP contribution in [-0.2, 0) is 4.74 Å². The Hall–Kier alpha value is -2.73. The molecule has 0 aromatic heterocycles. The molecule has 1 unspecified atom stereocenters. The van der Waals surface area contributed by atoms with Gasteiger partial charge in [-0.1, -0.05) is 42.5 Å². The van der Waals surface area contributed by atoms with Crippen molar-refractivity contribution in [1.29, 1.82) is 0 Å². The van der Waals surface area contributed by atoms with Crippen LogP contribution in [-0.4, -0.2) is 55.4 Å². The lowest BCUT2D eigenvalue weighted by molar-refractivity contribution is 0.0642. The molecule has 2 aromatic carbocycles. The van der Waals surface area contributed by atoms with Crippen LogP contribution in [0.2, 0.25) is 0 Å². The number of hydrogen-bond donors (Lipinski definition) is 2. The summed E-state index contributed by atoms with van der Waals surface area (Å²) in [5, 5.41) is 12.9. The number of aromatic hydroxyl groups is 1. The number of anilines is 1. The van der Waals surface area contributed by atoms with Gasteiger partial charge in [-0.25, -0.2) is 4.79 Å². The number of nitrogens with zero attached hydrogens (tertiary/aromatic N) is 2. The summed E-state index contributed by atoms with van der Waals surface area (Å²) >= 11 is 0. The molecule has 0 saturated carbocycles. The van der Waals surface area contributed by atoms with Gasteiger partial charge >= 0.3 is 6.03 Å². The zero-order valence-electron chi connectivity index (χ0n) is 16.4. The molecule has 0 radical (unpaired) electrons. The maximum absolute atomic E-state index is 12.3. The number of ether oxygens (including phenoxy) is 1. The Bertz CT molecular complexity index is 746. The molecule has 1 aliphatic rings. The van der Waals surface area contributed by atoms with Gasteiger partial charge in [0.15, 0.2) is 0 Å². The van der Waals surface area contributed by atoms with Crippen LogP contribution >= 0.6 is 0 Å². The number of phenols is 1. The maximum Gasteiger partial charge on any atom is 0.317 e. The number of carbonyl (C=O) groups excluding carboxylic acids is 1. The second-order valence-corrected chi connectivity index (χ2v) is 6.97. The Morgan fingerprint density at radius 3 is 2.46 bits per heavy atom. The largest absolute Gasteiger partial charge is 0.506 e. The number of urea groups is 1. The SMILES string of the molecule is CC(OCCCNC(=O)N1CCN(c2ccccc2O)CC1)c1ccccc1. The van der Waals surface area contributed by atoms with Crippen molar-refractivity contribution >= 4 is 11.7 Å². The normalized spacial score (nSPS) is 15.3. The van der Waals surface area contributed by atoms with Gasteiger partial charge in [-0.2, -0.15) is 0 Å². The quantitative estimate of drug-likeness (QED) is 0.720. The molecule has 150 valence electrons. The highest BCUT2D eigenvalue weighted by Crippen LogP contribution is 2.27. The Kier molecular flexibility index (Phi) is 7.14. The number of phenolic OH excluding ortho intramolecular Hbond substituents is 1. The van der Waals surface area contributed by atoms with Crippen LogP contribution in [0.1, 0.15) is 25.0 Å². The van der Waals surface area contributed by atoms with Crippen molar-refractivity contribution in [3.8, 4) is 5.75 Å². The van der Waals surface area contributed by atoms with Gasteiger partial charge in [0.2, 0.25) is 0 Å². The van der Waals surface area contributed by atoms with Crippen LogP contribution in [0.4, 0.5) is 10.5 Å². The van der Waals surface area contributed by atoms with Gasteiger partial charge in [0.25, 0.3) is 0 Å². The molecule has 2 N–H and O–H groups in total. The molecule has 1 heterocycles. The van der Waals surface area contributed by atoms with E-state index in [0.717, 1.165) is 17.7 Å². The van der Waals surface area contributed by atoms with E-state index in [2.05, 4.69) is 22.3 Å². The number of rotatable bonds is 7. The standard InChI is InChI=1S/C22H29N3O3/c1-18(19-8-3-2-4-9-19)28-17-7-12-23-22(27)25-15-13-24(14-16-25)20-10-5-6-11-21(20)26/h2-6,8-11,18,26H,7,12-17H2,1H3,(H,23,27). The van der Waals surface area contributed by atoms with Crippen LogP contribution in [0.15, 0.2) is 54.6 Å². The van der Waals surface area contributed by atoms with Gasteiger partial charge in [-0.05, 0) is 31.0 Å². The third-order valence-corrected chi connectivity index (χ3v) is 5.02. The molecule has 1 saturated heterocycles. The molecule has 28 heavy (non-hydrogen) atoms. The van der Waals surface area contributed by atoms with E-state index in [1.54, 1.807) is 6.07 Å². The summed E-state index contributed by atoms with van der Waals surface area (Å²) in [5.41, 5.74) is 1.99. The fourth-order valence-corrected chi connectivity index (χ4v) is 3.34. The molecule has 1 aliphatic heterocycles. The van der Waals surface area contributed by atoms with Crippen molar-refractivity contribution in [3.63, 3.8) is 0 Å². The van der Waals surface area contributed by atoms with Crippen LogP contribution in [0, 0.1) is 0 Å². The molecule has 2 amide bonds. The van der Waals surface area contributed by atoms with E-state index in [9.17, 15) is 9.90 Å². The second-order valence-electron chi connectivity index (χ2n) is 6.97. The Balaban J connectivity index is 1.32. The summed E-state index contributed by atoms with van der Waals surface area (Å²) in [4.78, 5) is 16.3. The molecule has 6 heteroatoms. The summed E-state index contributed by atoms with van der Waals surface area (Å²) in [6, 6.07) is 17.4. The summed E-state index contributed by atoms with van der Waals surface area (Å²) in [6.45, 7) is 5.95. The zero-order valence-corrected chi connectivity index (χ0v) is 16.4. The van der Waals surface area contributed by atoms with Crippen molar-refractivity contribution in [2.75, 3.05) is 44.2 Å². The zero-order chi connectivity index (χ0) is 19.8. The van der Waals surface area contributed by atoms with Crippen molar-refractivity contribution in [1.82, 2.24) is 10.2 Å². The van der Waals surface area contributed by atoms with Gasteiger partial charge in [0, 0.05) is 39.3 Å². The molecule has 0 spiro atoms. The predicted octanol–water partition coefficient (Wildman–Crippen LogP) is 3.39. The first kappa shape index (κ1) is 20.0. The molecule has 3 rings (SSSR count). The molecule has 0 aliphatic carbocycles. The topological polar surface area (TPSA) is 65.0 Å². The molecule has 1 fully saturated rings. The third-order valence-electron chi connectivity index (χ3n) is 5.02. The first-order valence-electron chi connectivity index (χ1n) is 9.87. The average molecular weight is 383 g/mol. The van der Waals surface area contributed by atoms with Crippen LogP contribution < -0.4 is 10.2 Å². The molecule has 1 atom stereocenters. The fraction of sp³-hybridized carbons (Fsp3) is 0.409. The minimum atomic E-state index is -0.0342. The Labute approximate surface area is 166 Å². The van der Waals surface area contributed by atoms with Crippen molar-refractivity contribution in [3.05, 3.63) is 60.2 Å². The highest BCUT2D eigenvalue weighted by molar-refractivity contribution is 5.74. The van der Waals surface area contributed by atoms with E-state index in [1.807, 2.05) is 48.2 Å². The van der Waals surface area contributed by atoms with E-state index < -0.39 is 0 Å². The second kappa shape index (κ2) is 9.99.